The third kappa shape index (κ3) is 4.44. The van der Waals surface area contributed by atoms with Gasteiger partial charge in [0.25, 0.3) is 0 Å². The molecular weight excluding hydrogens is 356 g/mol. The first-order valence-corrected chi connectivity index (χ1v) is 9.68. The molecule has 0 radical (unpaired) electrons. The van der Waals surface area contributed by atoms with Crippen LogP contribution < -0.4 is 10.2 Å². The SMILES string of the molecule is Clc1cc(NCc2ccc(-c3ccccc3)cc2)ccc1N1CCOCC1. The molecule has 1 aliphatic rings. The van der Waals surface area contributed by atoms with E-state index in [1.165, 1.54) is 16.7 Å². The van der Waals surface area contributed by atoms with E-state index in [-0.39, 0.29) is 0 Å². The fourth-order valence-electron chi connectivity index (χ4n) is 3.33. The Hall–Kier alpha value is -2.49. The average molecular weight is 379 g/mol. The van der Waals surface area contributed by atoms with Gasteiger partial charge < -0.3 is 15.0 Å². The second-order valence-corrected chi connectivity index (χ2v) is 7.09. The summed E-state index contributed by atoms with van der Waals surface area (Å²) in [5.74, 6) is 0. The number of nitrogens with zero attached hydrogens (tertiary/aromatic N) is 1. The molecule has 138 valence electrons. The van der Waals surface area contributed by atoms with Crippen LogP contribution in [0.3, 0.4) is 0 Å². The fraction of sp³-hybridized carbons (Fsp3) is 0.217. The van der Waals surface area contributed by atoms with Gasteiger partial charge in [0.1, 0.15) is 0 Å². The lowest BCUT2D eigenvalue weighted by Gasteiger charge is -2.29. The van der Waals surface area contributed by atoms with Crippen LogP contribution in [-0.4, -0.2) is 26.3 Å². The molecule has 0 aliphatic carbocycles. The molecular formula is C23H23ClN2O. The number of morpholine rings is 1. The van der Waals surface area contributed by atoms with Gasteiger partial charge in [-0.3, -0.25) is 0 Å². The van der Waals surface area contributed by atoms with Crippen LogP contribution in [0.2, 0.25) is 5.02 Å². The zero-order valence-electron chi connectivity index (χ0n) is 15.2. The molecule has 3 aromatic rings. The van der Waals surface area contributed by atoms with Gasteiger partial charge in [-0.05, 0) is 34.9 Å². The van der Waals surface area contributed by atoms with Crippen molar-refractivity contribution < 1.29 is 4.74 Å². The number of benzene rings is 3. The molecule has 3 nitrogen and oxygen atoms in total. The third-order valence-corrected chi connectivity index (χ3v) is 5.16. The minimum absolute atomic E-state index is 0.759. The first-order chi connectivity index (χ1) is 13.3. The van der Waals surface area contributed by atoms with E-state index in [4.69, 9.17) is 16.3 Å². The molecule has 3 aromatic carbocycles. The van der Waals surface area contributed by atoms with Gasteiger partial charge in [-0.2, -0.15) is 0 Å². The highest BCUT2D eigenvalue weighted by Gasteiger charge is 2.14. The van der Waals surface area contributed by atoms with Crippen LogP contribution in [0.5, 0.6) is 0 Å². The highest BCUT2D eigenvalue weighted by Crippen LogP contribution is 2.29. The second kappa shape index (κ2) is 8.47. The smallest absolute Gasteiger partial charge is 0.0660 e. The minimum Gasteiger partial charge on any atom is -0.381 e. The van der Waals surface area contributed by atoms with Gasteiger partial charge in [0.05, 0.1) is 23.9 Å². The van der Waals surface area contributed by atoms with Crippen molar-refractivity contribution in [1.29, 1.82) is 0 Å². The van der Waals surface area contributed by atoms with E-state index < -0.39 is 0 Å². The Morgan fingerprint density at radius 1 is 0.852 bits per heavy atom. The summed E-state index contributed by atoms with van der Waals surface area (Å²) in [6, 6.07) is 25.3. The summed E-state index contributed by atoms with van der Waals surface area (Å²) in [7, 11) is 0. The van der Waals surface area contributed by atoms with Gasteiger partial charge >= 0.3 is 0 Å². The first kappa shape index (κ1) is 17.9. The summed E-state index contributed by atoms with van der Waals surface area (Å²) < 4.78 is 5.41. The Morgan fingerprint density at radius 2 is 1.56 bits per heavy atom. The zero-order valence-corrected chi connectivity index (χ0v) is 16.0. The standard InChI is InChI=1S/C23H23ClN2O/c24-22-16-21(10-11-23(22)26-12-14-27-15-13-26)25-17-18-6-8-20(9-7-18)19-4-2-1-3-5-19/h1-11,16,25H,12-15,17H2. The summed E-state index contributed by atoms with van der Waals surface area (Å²) in [6.45, 7) is 4.06. The lowest BCUT2D eigenvalue weighted by molar-refractivity contribution is 0.122. The minimum atomic E-state index is 0.759. The maximum Gasteiger partial charge on any atom is 0.0660 e. The number of halogens is 1. The van der Waals surface area contributed by atoms with Crippen LogP contribution in [0.4, 0.5) is 11.4 Å². The molecule has 0 spiro atoms. The molecule has 1 N–H and O–H groups in total. The molecule has 1 aliphatic heterocycles. The van der Waals surface area contributed by atoms with E-state index in [9.17, 15) is 0 Å². The maximum absolute atomic E-state index is 6.51. The summed E-state index contributed by atoms with van der Waals surface area (Å²) in [5, 5.41) is 4.24. The number of ether oxygens (including phenoxy) is 1. The number of hydrogen-bond acceptors (Lipinski definition) is 3. The van der Waals surface area contributed by atoms with Crippen molar-refractivity contribution in [1.82, 2.24) is 0 Å². The average Bonchev–Trinajstić information content (AvgIpc) is 2.74. The number of anilines is 2. The monoisotopic (exact) mass is 378 g/mol. The van der Waals surface area contributed by atoms with Crippen molar-refractivity contribution in [2.45, 2.75) is 6.54 Å². The van der Waals surface area contributed by atoms with E-state index in [1.54, 1.807) is 0 Å². The van der Waals surface area contributed by atoms with Gasteiger partial charge in [-0.25, -0.2) is 0 Å². The van der Waals surface area contributed by atoms with E-state index in [0.717, 1.165) is 49.2 Å². The van der Waals surface area contributed by atoms with Crippen LogP contribution in [0, 0.1) is 0 Å². The molecule has 0 amide bonds. The van der Waals surface area contributed by atoms with Crippen LogP contribution in [0.15, 0.2) is 72.8 Å². The molecule has 4 rings (SSSR count). The predicted molar refractivity (Wildman–Crippen MR) is 114 cm³/mol. The first-order valence-electron chi connectivity index (χ1n) is 9.30. The van der Waals surface area contributed by atoms with Gasteiger partial charge in [-0.1, -0.05) is 66.2 Å². The van der Waals surface area contributed by atoms with Crippen LogP contribution in [0.25, 0.3) is 11.1 Å². The van der Waals surface area contributed by atoms with Crippen molar-refractivity contribution in [2.75, 3.05) is 36.5 Å². The van der Waals surface area contributed by atoms with Gasteiger partial charge in [0, 0.05) is 25.3 Å². The molecule has 0 aromatic heterocycles. The molecule has 1 saturated heterocycles. The van der Waals surface area contributed by atoms with Crippen molar-refractivity contribution in [2.24, 2.45) is 0 Å². The molecule has 0 saturated carbocycles. The Labute approximate surface area is 165 Å². The van der Waals surface area contributed by atoms with Crippen molar-refractivity contribution in [3.8, 4) is 11.1 Å². The molecule has 27 heavy (non-hydrogen) atoms. The van der Waals surface area contributed by atoms with Crippen LogP contribution in [0.1, 0.15) is 5.56 Å². The molecule has 4 heteroatoms. The van der Waals surface area contributed by atoms with Crippen molar-refractivity contribution in [3.05, 3.63) is 83.4 Å². The van der Waals surface area contributed by atoms with E-state index >= 15 is 0 Å². The van der Waals surface area contributed by atoms with E-state index in [1.807, 2.05) is 12.1 Å². The molecule has 1 fully saturated rings. The van der Waals surface area contributed by atoms with Crippen molar-refractivity contribution >= 4 is 23.0 Å². The van der Waals surface area contributed by atoms with E-state index in [0.29, 0.717) is 0 Å². The largest absolute Gasteiger partial charge is 0.381 e. The summed E-state index contributed by atoms with van der Waals surface area (Å²) in [6.07, 6.45) is 0. The predicted octanol–water partition coefficient (Wildman–Crippen LogP) is 5.46. The highest BCUT2D eigenvalue weighted by molar-refractivity contribution is 6.33. The summed E-state index contributed by atoms with van der Waals surface area (Å²) >= 11 is 6.51. The van der Waals surface area contributed by atoms with Gasteiger partial charge in [-0.15, -0.1) is 0 Å². The van der Waals surface area contributed by atoms with Crippen LogP contribution >= 0.6 is 11.6 Å². The Kier molecular flexibility index (Phi) is 5.61. The molecule has 0 bridgehead atoms. The fourth-order valence-corrected chi connectivity index (χ4v) is 3.63. The highest BCUT2D eigenvalue weighted by atomic mass is 35.5. The number of rotatable bonds is 5. The molecule has 1 heterocycles. The van der Waals surface area contributed by atoms with Gasteiger partial charge in [0.2, 0.25) is 0 Å². The lowest BCUT2D eigenvalue weighted by Crippen LogP contribution is -2.36. The summed E-state index contributed by atoms with van der Waals surface area (Å²) in [5.41, 5.74) is 5.82. The van der Waals surface area contributed by atoms with Gasteiger partial charge in [0.15, 0.2) is 0 Å². The van der Waals surface area contributed by atoms with E-state index in [2.05, 4.69) is 70.9 Å². The van der Waals surface area contributed by atoms with Crippen molar-refractivity contribution in [3.63, 3.8) is 0 Å². The maximum atomic E-state index is 6.51. The Bertz CT molecular complexity index is 875. The summed E-state index contributed by atoms with van der Waals surface area (Å²) in [4.78, 5) is 2.28. The Balaban J connectivity index is 1.39. The second-order valence-electron chi connectivity index (χ2n) is 6.68. The molecule has 0 unspecified atom stereocenters. The topological polar surface area (TPSA) is 24.5 Å². The quantitative estimate of drug-likeness (QED) is 0.638. The molecule has 0 atom stereocenters. The Morgan fingerprint density at radius 3 is 2.26 bits per heavy atom. The van der Waals surface area contributed by atoms with Crippen LogP contribution in [-0.2, 0) is 11.3 Å². The third-order valence-electron chi connectivity index (χ3n) is 4.86. The normalized spacial score (nSPS) is 14.2. The lowest BCUT2D eigenvalue weighted by atomic mass is 10.0. The number of hydrogen-bond donors (Lipinski definition) is 1. The zero-order chi connectivity index (χ0) is 18.5. The number of nitrogens with one attached hydrogen (secondary N) is 1.